The number of aliphatic hydroxyl groups excluding tert-OH is 1. The quantitative estimate of drug-likeness (QED) is 0.666. The van der Waals surface area contributed by atoms with Crippen LogP contribution in [0.15, 0.2) is 30.3 Å². The first-order valence-corrected chi connectivity index (χ1v) is 5.42. The first-order chi connectivity index (χ1) is 8.49. The molecule has 0 spiro atoms. The molecular formula is C13H15NO4. The Hall–Kier alpha value is -2.14. The van der Waals surface area contributed by atoms with Gasteiger partial charge < -0.3 is 15.5 Å². The van der Waals surface area contributed by atoms with E-state index in [-0.39, 0.29) is 6.54 Å². The molecule has 0 saturated carbocycles. The van der Waals surface area contributed by atoms with Gasteiger partial charge in [0, 0.05) is 6.08 Å². The molecule has 1 aromatic carbocycles. The highest BCUT2D eigenvalue weighted by Crippen LogP contribution is 2.04. The predicted octanol–water partition coefficient (Wildman–Crippen LogP) is 0.570. The summed E-state index contributed by atoms with van der Waals surface area (Å²) in [5.74, 6) is -1.81. The summed E-state index contributed by atoms with van der Waals surface area (Å²) in [6, 6.07) is 7.58. The number of benzene rings is 1. The molecule has 1 atom stereocenters. The molecule has 5 heteroatoms. The summed E-state index contributed by atoms with van der Waals surface area (Å²) in [5.41, 5.74) is 2.00. The van der Waals surface area contributed by atoms with Crippen LogP contribution in [0.4, 0.5) is 0 Å². The number of carbonyl (C=O) groups excluding carboxylic acids is 1. The van der Waals surface area contributed by atoms with Crippen molar-refractivity contribution in [2.24, 2.45) is 0 Å². The summed E-state index contributed by atoms with van der Waals surface area (Å²) in [6.07, 6.45) is 1.32. The monoisotopic (exact) mass is 249 g/mol. The second kappa shape index (κ2) is 6.56. The first-order valence-electron chi connectivity index (χ1n) is 5.42. The van der Waals surface area contributed by atoms with E-state index in [1.165, 1.54) is 6.08 Å². The minimum Gasteiger partial charge on any atom is -0.479 e. The van der Waals surface area contributed by atoms with Gasteiger partial charge in [0.05, 0.1) is 6.54 Å². The highest BCUT2D eigenvalue weighted by atomic mass is 16.4. The maximum absolute atomic E-state index is 11.3. The summed E-state index contributed by atoms with van der Waals surface area (Å²) < 4.78 is 0. The van der Waals surface area contributed by atoms with Gasteiger partial charge in [0.2, 0.25) is 5.91 Å². The lowest BCUT2D eigenvalue weighted by atomic mass is 10.1. The summed E-state index contributed by atoms with van der Waals surface area (Å²) in [7, 11) is 0. The van der Waals surface area contributed by atoms with E-state index in [0.717, 1.165) is 11.1 Å². The molecule has 1 aromatic rings. The fourth-order valence-corrected chi connectivity index (χ4v) is 1.19. The van der Waals surface area contributed by atoms with Crippen LogP contribution in [-0.4, -0.2) is 34.7 Å². The van der Waals surface area contributed by atoms with E-state index < -0.39 is 18.0 Å². The Morgan fingerprint density at radius 2 is 1.94 bits per heavy atom. The summed E-state index contributed by atoms with van der Waals surface area (Å²) in [4.78, 5) is 21.6. The molecule has 18 heavy (non-hydrogen) atoms. The van der Waals surface area contributed by atoms with Crippen molar-refractivity contribution in [1.29, 1.82) is 0 Å². The molecule has 0 aromatic heterocycles. The van der Waals surface area contributed by atoms with E-state index in [9.17, 15) is 9.59 Å². The van der Waals surface area contributed by atoms with Crippen LogP contribution in [0, 0.1) is 6.92 Å². The Kier molecular flexibility index (Phi) is 5.07. The van der Waals surface area contributed by atoms with Crippen molar-refractivity contribution in [2.45, 2.75) is 13.0 Å². The van der Waals surface area contributed by atoms with Gasteiger partial charge in [-0.1, -0.05) is 29.8 Å². The summed E-state index contributed by atoms with van der Waals surface area (Å²) in [6.45, 7) is 1.65. The average Bonchev–Trinajstić information content (AvgIpc) is 2.35. The van der Waals surface area contributed by atoms with Crippen molar-refractivity contribution >= 4 is 18.0 Å². The molecule has 0 fully saturated rings. The summed E-state index contributed by atoms with van der Waals surface area (Å²) in [5, 5.41) is 19.7. The highest BCUT2D eigenvalue weighted by molar-refractivity contribution is 5.92. The van der Waals surface area contributed by atoms with Gasteiger partial charge >= 0.3 is 5.97 Å². The van der Waals surface area contributed by atoms with E-state index >= 15 is 0 Å². The van der Waals surface area contributed by atoms with Gasteiger partial charge in [-0.2, -0.15) is 0 Å². The van der Waals surface area contributed by atoms with Crippen LogP contribution in [0.3, 0.4) is 0 Å². The Labute approximate surface area is 105 Å². The molecule has 3 N–H and O–H groups in total. The number of aliphatic hydroxyl groups is 1. The fourth-order valence-electron chi connectivity index (χ4n) is 1.19. The standard InChI is InChI=1S/C13H15NO4/c1-9-2-4-10(5-3-9)6-7-12(16)14-8-11(15)13(17)18/h2-7,11,15H,8H2,1H3,(H,14,16)(H,17,18). The van der Waals surface area contributed by atoms with E-state index in [1.807, 2.05) is 31.2 Å². The molecule has 96 valence electrons. The zero-order valence-corrected chi connectivity index (χ0v) is 9.96. The number of nitrogens with one attached hydrogen (secondary N) is 1. The zero-order valence-electron chi connectivity index (χ0n) is 9.96. The number of rotatable bonds is 5. The number of aryl methyl sites for hydroxylation is 1. The minimum absolute atomic E-state index is 0.313. The number of aliphatic carboxylic acids is 1. The number of hydrogen-bond acceptors (Lipinski definition) is 3. The van der Waals surface area contributed by atoms with Crippen LogP contribution in [0.5, 0.6) is 0 Å². The molecule has 0 aliphatic heterocycles. The van der Waals surface area contributed by atoms with Crippen molar-refractivity contribution in [1.82, 2.24) is 5.32 Å². The maximum atomic E-state index is 11.3. The Morgan fingerprint density at radius 1 is 1.33 bits per heavy atom. The second-order valence-corrected chi connectivity index (χ2v) is 3.84. The molecule has 5 nitrogen and oxygen atoms in total. The Balaban J connectivity index is 2.45. The third-order valence-corrected chi connectivity index (χ3v) is 2.26. The molecule has 0 bridgehead atoms. The minimum atomic E-state index is -1.58. The van der Waals surface area contributed by atoms with Gasteiger partial charge in [-0.25, -0.2) is 4.79 Å². The maximum Gasteiger partial charge on any atom is 0.334 e. The lowest BCUT2D eigenvalue weighted by Crippen LogP contribution is -2.35. The third-order valence-electron chi connectivity index (χ3n) is 2.26. The SMILES string of the molecule is Cc1ccc(C=CC(=O)NCC(O)C(=O)O)cc1. The van der Waals surface area contributed by atoms with Crippen LogP contribution in [0.25, 0.3) is 6.08 Å². The Morgan fingerprint density at radius 3 is 2.50 bits per heavy atom. The van der Waals surface area contributed by atoms with Crippen molar-refractivity contribution in [3.63, 3.8) is 0 Å². The largest absolute Gasteiger partial charge is 0.479 e. The van der Waals surface area contributed by atoms with E-state index in [0.29, 0.717) is 0 Å². The van der Waals surface area contributed by atoms with Crippen LogP contribution in [0.1, 0.15) is 11.1 Å². The van der Waals surface area contributed by atoms with E-state index in [2.05, 4.69) is 5.32 Å². The van der Waals surface area contributed by atoms with Crippen molar-refractivity contribution in [2.75, 3.05) is 6.54 Å². The fraction of sp³-hybridized carbons (Fsp3) is 0.231. The molecule has 0 aliphatic carbocycles. The summed E-state index contributed by atoms with van der Waals surface area (Å²) >= 11 is 0. The third kappa shape index (κ3) is 4.80. The number of amides is 1. The van der Waals surface area contributed by atoms with Gasteiger partial charge in [-0.05, 0) is 18.6 Å². The predicted molar refractivity (Wildman–Crippen MR) is 66.9 cm³/mol. The lowest BCUT2D eigenvalue weighted by Gasteiger charge is -2.05. The average molecular weight is 249 g/mol. The molecule has 0 heterocycles. The van der Waals surface area contributed by atoms with E-state index in [4.69, 9.17) is 10.2 Å². The number of carboxylic acid groups (broad SMARTS) is 1. The van der Waals surface area contributed by atoms with Gasteiger partial charge in [0.15, 0.2) is 6.10 Å². The van der Waals surface area contributed by atoms with Gasteiger partial charge in [0.1, 0.15) is 0 Å². The van der Waals surface area contributed by atoms with Crippen LogP contribution < -0.4 is 5.32 Å². The first kappa shape index (κ1) is 13.9. The smallest absolute Gasteiger partial charge is 0.334 e. The molecular weight excluding hydrogens is 234 g/mol. The second-order valence-electron chi connectivity index (χ2n) is 3.84. The Bertz CT molecular complexity index is 451. The molecule has 1 amide bonds. The van der Waals surface area contributed by atoms with E-state index in [1.54, 1.807) is 6.08 Å². The normalized spacial score (nSPS) is 12.3. The molecule has 0 aliphatic rings. The van der Waals surface area contributed by atoms with Crippen molar-refractivity contribution < 1.29 is 19.8 Å². The number of carbonyl (C=O) groups is 2. The topological polar surface area (TPSA) is 86.6 Å². The molecule has 0 radical (unpaired) electrons. The van der Waals surface area contributed by atoms with Gasteiger partial charge in [-0.15, -0.1) is 0 Å². The zero-order chi connectivity index (χ0) is 13.5. The number of carboxylic acids is 1. The van der Waals surface area contributed by atoms with Crippen LogP contribution in [0.2, 0.25) is 0 Å². The van der Waals surface area contributed by atoms with Crippen molar-refractivity contribution in [3.05, 3.63) is 41.5 Å². The van der Waals surface area contributed by atoms with Crippen LogP contribution in [-0.2, 0) is 9.59 Å². The molecule has 1 unspecified atom stereocenters. The highest BCUT2D eigenvalue weighted by Gasteiger charge is 2.12. The van der Waals surface area contributed by atoms with Gasteiger partial charge in [-0.3, -0.25) is 4.79 Å². The molecule has 1 rings (SSSR count). The molecule has 0 saturated heterocycles. The van der Waals surface area contributed by atoms with Crippen LogP contribution >= 0.6 is 0 Å². The van der Waals surface area contributed by atoms with Crippen molar-refractivity contribution in [3.8, 4) is 0 Å². The number of hydrogen-bond donors (Lipinski definition) is 3. The van der Waals surface area contributed by atoms with Gasteiger partial charge in [0.25, 0.3) is 0 Å². The lowest BCUT2D eigenvalue weighted by molar-refractivity contribution is -0.146.